The van der Waals surface area contributed by atoms with E-state index < -0.39 is 0 Å². The SMILES string of the molecule is CCOc1cc(N2CCCCC2)ccc1N=C1C=CC(=O)c2ncccc21. The van der Waals surface area contributed by atoms with Crippen LogP contribution >= 0.6 is 0 Å². The first-order valence-electron chi connectivity index (χ1n) is 9.54. The average Bonchev–Trinajstić information content (AvgIpc) is 2.72. The van der Waals surface area contributed by atoms with Gasteiger partial charge in [-0.25, -0.2) is 4.99 Å². The summed E-state index contributed by atoms with van der Waals surface area (Å²) in [6.45, 7) is 4.73. The zero-order valence-corrected chi connectivity index (χ0v) is 15.5. The Morgan fingerprint density at radius 2 is 2.00 bits per heavy atom. The van der Waals surface area contributed by atoms with Crippen LogP contribution in [0.1, 0.15) is 42.2 Å². The highest BCUT2D eigenvalue weighted by atomic mass is 16.5. The highest BCUT2D eigenvalue weighted by Gasteiger charge is 2.19. The van der Waals surface area contributed by atoms with Gasteiger partial charge < -0.3 is 9.64 Å². The number of anilines is 1. The summed E-state index contributed by atoms with van der Waals surface area (Å²) in [6, 6.07) is 9.89. The van der Waals surface area contributed by atoms with Crippen molar-refractivity contribution in [1.82, 2.24) is 4.98 Å². The van der Waals surface area contributed by atoms with Crippen LogP contribution in [0, 0.1) is 0 Å². The maximum absolute atomic E-state index is 12.0. The zero-order valence-electron chi connectivity index (χ0n) is 15.5. The molecule has 0 saturated carbocycles. The molecule has 0 bridgehead atoms. The zero-order chi connectivity index (χ0) is 18.6. The smallest absolute Gasteiger partial charge is 0.204 e. The number of nitrogens with zero attached hydrogens (tertiary/aromatic N) is 3. The van der Waals surface area contributed by atoms with Crippen LogP contribution in [0.15, 0.2) is 53.7 Å². The number of hydrogen-bond acceptors (Lipinski definition) is 5. The van der Waals surface area contributed by atoms with Crippen LogP contribution in [0.3, 0.4) is 0 Å². The van der Waals surface area contributed by atoms with E-state index >= 15 is 0 Å². The van der Waals surface area contributed by atoms with Crippen LogP contribution in [-0.2, 0) is 0 Å². The normalized spacial score (nSPS) is 17.9. The number of rotatable bonds is 4. The predicted octanol–water partition coefficient (Wildman–Crippen LogP) is 4.34. The molecule has 0 amide bonds. The maximum Gasteiger partial charge on any atom is 0.204 e. The molecular weight excluding hydrogens is 338 g/mol. The van der Waals surface area contributed by atoms with Gasteiger partial charge in [0.25, 0.3) is 0 Å². The number of benzene rings is 1. The van der Waals surface area contributed by atoms with Crippen molar-refractivity contribution in [3.8, 4) is 5.75 Å². The molecule has 1 aromatic heterocycles. The fourth-order valence-electron chi connectivity index (χ4n) is 3.57. The monoisotopic (exact) mass is 361 g/mol. The molecule has 5 nitrogen and oxygen atoms in total. The summed E-state index contributed by atoms with van der Waals surface area (Å²) in [5.74, 6) is 0.679. The number of ether oxygens (including phenoxy) is 1. The molecule has 5 heteroatoms. The van der Waals surface area contributed by atoms with E-state index in [2.05, 4.69) is 22.0 Å². The van der Waals surface area contributed by atoms with Gasteiger partial charge in [0, 0.05) is 36.6 Å². The predicted molar refractivity (Wildman–Crippen MR) is 108 cm³/mol. The summed E-state index contributed by atoms with van der Waals surface area (Å²) in [5.41, 5.74) is 3.87. The second-order valence-electron chi connectivity index (χ2n) is 6.73. The van der Waals surface area contributed by atoms with Gasteiger partial charge >= 0.3 is 0 Å². The number of aliphatic imine (C=N–C) groups is 1. The minimum absolute atomic E-state index is 0.0879. The molecule has 2 aromatic rings. The van der Waals surface area contributed by atoms with E-state index in [9.17, 15) is 4.79 Å². The van der Waals surface area contributed by atoms with E-state index in [1.54, 1.807) is 12.3 Å². The van der Waals surface area contributed by atoms with Gasteiger partial charge in [0.1, 0.15) is 17.1 Å². The molecule has 0 N–H and O–H groups in total. The lowest BCUT2D eigenvalue weighted by Crippen LogP contribution is -2.29. The highest BCUT2D eigenvalue weighted by molar-refractivity contribution is 6.23. The molecule has 138 valence electrons. The van der Waals surface area contributed by atoms with Crippen LogP contribution in [0.2, 0.25) is 0 Å². The van der Waals surface area contributed by atoms with E-state index in [1.807, 2.05) is 25.1 Å². The van der Waals surface area contributed by atoms with Gasteiger partial charge in [-0.3, -0.25) is 9.78 Å². The van der Waals surface area contributed by atoms with Crippen molar-refractivity contribution in [3.05, 3.63) is 59.9 Å². The fraction of sp³-hybridized carbons (Fsp3) is 0.318. The Kier molecular flexibility index (Phi) is 5.01. The van der Waals surface area contributed by atoms with E-state index in [1.165, 1.54) is 31.0 Å². The van der Waals surface area contributed by atoms with Crippen LogP contribution in [0.4, 0.5) is 11.4 Å². The molecule has 1 fully saturated rings. The topological polar surface area (TPSA) is 54.8 Å². The largest absolute Gasteiger partial charge is 0.492 e. The lowest BCUT2D eigenvalue weighted by Gasteiger charge is -2.29. The lowest BCUT2D eigenvalue weighted by molar-refractivity contribution is 0.104. The second-order valence-corrected chi connectivity index (χ2v) is 6.73. The third-order valence-corrected chi connectivity index (χ3v) is 4.91. The van der Waals surface area contributed by atoms with Gasteiger partial charge in [-0.1, -0.05) is 0 Å². The first-order chi connectivity index (χ1) is 13.3. The second kappa shape index (κ2) is 7.74. The lowest BCUT2D eigenvalue weighted by atomic mass is 9.99. The van der Waals surface area contributed by atoms with Gasteiger partial charge in [0.05, 0.1) is 12.3 Å². The van der Waals surface area contributed by atoms with Crippen molar-refractivity contribution < 1.29 is 9.53 Å². The molecule has 1 aliphatic heterocycles. The maximum atomic E-state index is 12.0. The van der Waals surface area contributed by atoms with Crippen LogP contribution in [0.5, 0.6) is 5.75 Å². The molecule has 2 heterocycles. The Balaban J connectivity index is 1.72. The van der Waals surface area contributed by atoms with Gasteiger partial charge in [-0.15, -0.1) is 0 Å². The molecule has 0 unspecified atom stereocenters. The summed E-state index contributed by atoms with van der Waals surface area (Å²) in [7, 11) is 0. The molecule has 0 spiro atoms. The number of carbonyl (C=O) groups excluding carboxylic acids is 1. The molecule has 0 atom stereocenters. The number of ketones is 1. The van der Waals surface area contributed by atoms with E-state index in [4.69, 9.17) is 9.73 Å². The Hall–Kier alpha value is -2.95. The molecule has 1 aromatic carbocycles. The van der Waals surface area contributed by atoms with Crippen LogP contribution in [0.25, 0.3) is 0 Å². The summed E-state index contributed by atoms with van der Waals surface area (Å²) in [4.78, 5) is 23.4. The Morgan fingerprint density at radius 3 is 2.81 bits per heavy atom. The van der Waals surface area contributed by atoms with Gasteiger partial charge in [-0.05, 0) is 62.6 Å². The molecule has 27 heavy (non-hydrogen) atoms. The van der Waals surface area contributed by atoms with Crippen LogP contribution < -0.4 is 9.64 Å². The van der Waals surface area contributed by atoms with Gasteiger partial charge in [0.15, 0.2) is 0 Å². The third-order valence-electron chi connectivity index (χ3n) is 4.91. The Bertz CT molecular complexity index is 912. The molecule has 4 rings (SSSR count). The summed E-state index contributed by atoms with van der Waals surface area (Å²) >= 11 is 0. The van der Waals surface area contributed by atoms with Crippen molar-refractivity contribution >= 4 is 22.9 Å². The molecular formula is C22H23N3O2. The van der Waals surface area contributed by atoms with Gasteiger partial charge in [0.2, 0.25) is 5.78 Å². The standard InChI is InChI=1S/C22H23N3O2/c1-2-27-21-15-16(25-13-4-3-5-14-25)8-9-19(21)24-18-10-11-20(26)22-17(18)7-6-12-23-22/h6-12,15H,2-5,13-14H2,1H3. The van der Waals surface area contributed by atoms with Crippen molar-refractivity contribution in [2.75, 3.05) is 24.6 Å². The fourth-order valence-corrected chi connectivity index (χ4v) is 3.57. The highest BCUT2D eigenvalue weighted by Crippen LogP contribution is 2.34. The summed E-state index contributed by atoms with van der Waals surface area (Å²) in [5, 5.41) is 0. The first-order valence-corrected chi connectivity index (χ1v) is 9.54. The van der Waals surface area contributed by atoms with Crippen LogP contribution in [-0.4, -0.2) is 36.2 Å². The number of allylic oxidation sites excluding steroid dienone is 2. The number of fused-ring (bicyclic) bond motifs is 1. The molecule has 1 aliphatic carbocycles. The minimum Gasteiger partial charge on any atom is -0.492 e. The summed E-state index contributed by atoms with van der Waals surface area (Å²) < 4.78 is 5.88. The van der Waals surface area contributed by atoms with Crippen molar-refractivity contribution in [2.45, 2.75) is 26.2 Å². The average molecular weight is 361 g/mol. The van der Waals surface area contributed by atoms with Crippen molar-refractivity contribution in [3.63, 3.8) is 0 Å². The van der Waals surface area contributed by atoms with Gasteiger partial charge in [-0.2, -0.15) is 0 Å². The molecule has 2 aliphatic rings. The molecule has 1 saturated heterocycles. The number of piperidine rings is 1. The van der Waals surface area contributed by atoms with Crippen molar-refractivity contribution in [2.24, 2.45) is 4.99 Å². The Morgan fingerprint density at radius 1 is 1.15 bits per heavy atom. The van der Waals surface area contributed by atoms with E-state index in [0.717, 1.165) is 35.8 Å². The minimum atomic E-state index is -0.0879. The number of pyridine rings is 1. The van der Waals surface area contributed by atoms with E-state index in [0.29, 0.717) is 12.3 Å². The first kappa shape index (κ1) is 17.5. The summed E-state index contributed by atoms with van der Waals surface area (Å²) in [6.07, 6.45) is 8.68. The number of hydrogen-bond donors (Lipinski definition) is 0. The quantitative estimate of drug-likeness (QED) is 0.813. The Labute approximate surface area is 159 Å². The number of carbonyl (C=O) groups is 1. The van der Waals surface area contributed by atoms with E-state index in [-0.39, 0.29) is 5.78 Å². The molecule has 0 radical (unpaired) electrons. The van der Waals surface area contributed by atoms with Crippen molar-refractivity contribution in [1.29, 1.82) is 0 Å². The third kappa shape index (κ3) is 3.63. The number of aromatic nitrogens is 1.